The van der Waals surface area contributed by atoms with Gasteiger partial charge in [0.2, 0.25) is 0 Å². The lowest BCUT2D eigenvalue weighted by atomic mass is 9.53. The third kappa shape index (κ3) is 1.99. The molecule has 3 heterocycles. The van der Waals surface area contributed by atoms with Crippen molar-refractivity contribution in [3.63, 3.8) is 0 Å². The van der Waals surface area contributed by atoms with Gasteiger partial charge in [-0.3, -0.25) is 0 Å². The van der Waals surface area contributed by atoms with Crippen molar-refractivity contribution < 1.29 is 4.74 Å². The van der Waals surface area contributed by atoms with E-state index in [1.807, 2.05) is 0 Å². The highest BCUT2D eigenvalue weighted by Gasteiger charge is 2.62. The van der Waals surface area contributed by atoms with Crippen LogP contribution < -0.4 is 5.32 Å². The second kappa shape index (κ2) is 5.15. The summed E-state index contributed by atoms with van der Waals surface area (Å²) in [6.07, 6.45) is 9.13. The molecule has 5 rings (SSSR count). The average molecular weight is 329 g/mol. The molecular weight excluding hydrogens is 306 g/mol. The Hall–Kier alpha value is -1.20. The van der Waals surface area contributed by atoms with Crippen LogP contribution in [-0.4, -0.2) is 28.2 Å². The maximum absolute atomic E-state index is 6.25. The van der Waals surface area contributed by atoms with E-state index in [2.05, 4.69) is 28.3 Å². The monoisotopic (exact) mass is 329 g/mol. The summed E-state index contributed by atoms with van der Waals surface area (Å²) in [6, 6.07) is 2.76. The molecule has 23 heavy (non-hydrogen) atoms. The van der Waals surface area contributed by atoms with Crippen LogP contribution in [0.1, 0.15) is 43.9 Å². The number of thiophene rings is 1. The SMILES string of the molecule is CCc1cc2c(NC3CCCC45OCCC4CC35)ncnc2s1. The number of ether oxygens (including phenoxy) is 1. The van der Waals surface area contributed by atoms with Crippen LogP contribution in [0.3, 0.4) is 0 Å². The van der Waals surface area contributed by atoms with Crippen LogP contribution in [0.4, 0.5) is 5.82 Å². The van der Waals surface area contributed by atoms with Crippen molar-refractivity contribution in [1.29, 1.82) is 0 Å². The number of nitrogens with one attached hydrogen (secondary N) is 1. The van der Waals surface area contributed by atoms with Crippen LogP contribution >= 0.6 is 11.3 Å². The van der Waals surface area contributed by atoms with Gasteiger partial charge in [0.25, 0.3) is 0 Å². The molecule has 2 saturated carbocycles. The van der Waals surface area contributed by atoms with Gasteiger partial charge in [-0.15, -0.1) is 11.3 Å². The molecule has 0 amide bonds. The number of rotatable bonds is 3. The summed E-state index contributed by atoms with van der Waals surface area (Å²) in [5.74, 6) is 2.50. The van der Waals surface area contributed by atoms with Crippen molar-refractivity contribution in [3.8, 4) is 0 Å². The van der Waals surface area contributed by atoms with Crippen LogP contribution in [0, 0.1) is 11.8 Å². The zero-order valence-corrected chi connectivity index (χ0v) is 14.4. The van der Waals surface area contributed by atoms with Gasteiger partial charge in [0.15, 0.2) is 0 Å². The van der Waals surface area contributed by atoms with E-state index in [9.17, 15) is 0 Å². The first-order chi connectivity index (χ1) is 11.3. The van der Waals surface area contributed by atoms with Crippen molar-refractivity contribution in [1.82, 2.24) is 9.97 Å². The summed E-state index contributed by atoms with van der Waals surface area (Å²) in [4.78, 5) is 11.5. The molecule has 1 saturated heterocycles. The van der Waals surface area contributed by atoms with E-state index in [4.69, 9.17) is 4.74 Å². The van der Waals surface area contributed by atoms with E-state index < -0.39 is 0 Å². The van der Waals surface area contributed by atoms with E-state index in [0.717, 1.165) is 29.6 Å². The van der Waals surface area contributed by atoms with Crippen LogP contribution in [0.5, 0.6) is 0 Å². The van der Waals surface area contributed by atoms with Crippen molar-refractivity contribution >= 4 is 27.4 Å². The zero-order chi connectivity index (χ0) is 15.4. The molecule has 0 bridgehead atoms. The molecule has 2 aromatic rings. The fourth-order valence-corrected chi connectivity index (χ4v) is 6.07. The lowest BCUT2D eigenvalue weighted by Crippen LogP contribution is -2.61. The second-order valence-corrected chi connectivity index (χ2v) is 8.40. The van der Waals surface area contributed by atoms with E-state index in [-0.39, 0.29) is 5.60 Å². The van der Waals surface area contributed by atoms with Crippen LogP contribution in [0.15, 0.2) is 12.4 Å². The van der Waals surface area contributed by atoms with Gasteiger partial charge in [-0.1, -0.05) is 6.92 Å². The first kappa shape index (κ1) is 14.2. The summed E-state index contributed by atoms with van der Waals surface area (Å²) >= 11 is 1.79. The largest absolute Gasteiger partial charge is 0.374 e. The number of aromatic nitrogens is 2. The third-order valence-corrected chi connectivity index (χ3v) is 7.50. The Bertz CT molecular complexity index is 745. The summed E-state index contributed by atoms with van der Waals surface area (Å²) in [5.41, 5.74) is 0.200. The predicted molar refractivity (Wildman–Crippen MR) is 93.0 cm³/mol. The fraction of sp³-hybridized carbons (Fsp3) is 0.667. The van der Waals surface area contributed by atoms with Gasteiger partial charge >= 0.3 is 0 Å². The zero-order valence-electron chi connectivity index (χ0n) is 13.5. The van der Waals surface area contributed by atoms with Gasteiger partial charge in [0.05, 0.1) is 11.0 Å². The van der Waals surface area contributed by atoms with E-state index in [1.54, 1.807) is 17.7 Å². The molecule has 0 radical (unpaired) electrons. The van der Waals surface area contributed by atoms with Gasteiger partial charge in [-0.2, -0.15) is 0 Å². The Balaban J connectivity index is 1.44. The maximum Gasteiger partial charge on any atom is 0.138 e. The van der Waals surface area contributed by atoms with Crippen molar-refractivity contribution in [2.24, 2.45) is 11.8 Å². The van der Waals surface area contributed by atoms with E-state index in [0.29, 0.717) is 12.0 Å². The van der Waals surface area contributed by atoms with Gasteiger partial charge in [-0.25, -0.2) is 9.97 Å². The molecule has 0 aromatic carbocycles. The highest BCUT2D eigenvalue weighted by molar-refractivity contribution is 7.18. The lowest BCUT2D eigenvalue weighted by molar-refractivity contribution is -0.160. The minimum Gasteiger partial charge on any atom is -0.374 e. The number of fused-ring (bicyclic) bond motifs is 1. The molecule has 2 aromatic heterocycles. The summed E-state index contributed by atoms with van der Waals surface area (Å²) in [7, 11) is 0. The van der Waals surface area contributed by atoms with Gasteiger partial charge in [0, 0.05) is 23.4 Å². The normalized spacial score (nSPS) is 35.6. The van der Waals surface area contributed by atoms with E-state index in [1.165, 1.54) is 42.4 Å². The Morgan fingerprint density at radius 1 is 1.39 bits per heavy atom. The standard InChI is InChI=1S/C18H23N3OS/c1-2-12-9-13-16(19-10-20-17(13)23-12)21-15-4-3-6-18-11(5-7-22-18)8-14(15)18/h9-11,14-15H,2-8H2,1H3,(H,19,20,21). The Kier molecular flexibility index (Phi) is 3.17. The number of aryl methyl sites for hydroxylation is 1. The molecule has 4 nitrogen and oxygen atoms in total. The number of hydrogen-bond acceptors (Lipinski definition) is 5. The molecule has 1 N–H and O–H groups in total. The van der Waals surface area contributed by atoms with Crippen molar-refractivity contribution in [3.05, 3.63) is 17.3 Å². The summed E-state index contributed by atoms with van der Waals surface area (Å²) in [6.45, 7) is 3.16. The molecule has 3 aliphatic rings. The summed E-state index contributed by atoms with van der Waals surface area (Å²) < 4.78 is 6.25. The van der Waals surface area contributed by atoms with Crippen LogP contribution in [0.25, 0.3) is 10.2 Å². The quantitative estimate of drug-likeness (QED) is 0.924. The molecule has 2 aliphatic carbocycles. The van der Waals surface area contributed by atoms with Crippen molar-refractivity contribution in [2.75, 3.05) is 11.9 Å². The molecule has 122 valence electrons. The molecular formula is C18H23N3OS. The molecule has 5 heteroatoms. The predicted octanol–water partition coefficient (Wildman–Crippen LogP) is 4.01. The smallest absolute Gasteiger partial charge is 0.138 e. The van der Waals surface area contributed by atoms with Gasteiger partial charge < -0.3 is 10.1 Å². The molecule has 4 atom stereocenters. The lowest BCUT2D eigenvalue weighted by Gasteiger charge is -2.57. The number of anilines is 1. The number of nitrogens with zero attached hydrogens (tertiary/aromatic N) is 2. The topological polar surface area (TPSA) is 47.0 Å². The van der Waals surface area contributed by atoms with Crippen LogP contribution in [0.2, 0.25) is 0 Å². The highest BCUT2D eigenvalue weighted by atomic mass is 32.1. The third-order valence-electron chi connectivity index (χ3n) is 6.31. The Labute approximate surface area is 140 Å². The minimum atomic E-state index is 0.200. The Morgan fingerprint density at radius 3 is 3.22 bits per heavy atom. The average Bonchev–Trinajstić information content (AvgIpc) is 3.09. The molecule has 1 spiro atoms. The van der Waals surface area contributed by atoms with Crippen molar-refractivity contribution in [2.45, 2.75) is 57.1 Å². The Morgan fingerprint density at radius 2 is 2.35 bits per heavy atom. The maximum atomic E-state index is 6.25. The first-order valence-electron chi connectivity index (χ1n) is 8.94. The molecule has 3 fully saturated rings. The highest BCUT2D eigenvalue weighted by Crippen LogP contribution is 2.59. The first-order valence-corrected chi connectivity index (χ1v) is 9.76. The van der Waals surface area contributed by atoms with Crippen LogP contribution in [-0.2, 0) is 11.2 Å². The summed E-state index contributed by atoms with van der Waals surface area (Å²) in [5, 5.41) is 4.97. The molecule has 1 aliphatic heterocycles. The van der Waals surface area contributed by atoms with Gasteiger partial charge in [0.1, 0.15) is 17.0 Å². The second-order valence-electron chi connectivity index (χ2n) is 7.28. The van der Waals surface area contributed by atoms with Gasteiger partial charge in [-0.05, 0) is 50.5 Å². The number of hydrogen-bond donors (Lipinski definition) is 1. The molecule has 4 unspecified atom stereocenters. The van der Waals surface area contributed by atoms with E-state index >= 15 is 0 Å². The fourth-order valence-electron chi connectivity index (χ4n) is 5.14. The minimum absolute atomic E-state index is 0.200.